The highest BCUT2D eigenvalue weighted by atomic mass is 32.2. The van der Waals surface area contributed by atoms with Gasteiger partial charge in [-0.25, -0.2) is 4.39 Å². The fourth-order valence-electron chi connectivity index (χ4n) is 2.49. The number of aliphatic hydroxyl groups is 1. The van der Waals surface area contributed by atoms with Crippen LogP contribution in [0.3, 0.4) is 0 Å². The zero-order chi connectivity index (χ0) is 10.3. The summed E-state index contributed by atoms with van der Waals surface area (Å²) in [6.07, 6.45) is -0.924. The molecule has 0 bridgehead atoms. The first-order valence-corrected chi connectivity index (χ1v) is 6.12. The summed E-state index contributed by atoms with van der Waals surface area (Å²) in [6.45, 7) is 1.86. The van der Waals surface area contributed by atoms with Crippen molar-refractivity contribution >= 4 is 17.5 Å². The van der Waals surface area contributed by atoms with E-state index in [4.69, 9.17) is 0 Å². The topological polar surface area (TPSA) is 37.3 Å². The van der Waals surface area contributed by atoms with E-state index in [1.165, 1.54) is 0 Å². The first-order valence-electron chi connectivity index (χ1n) is 5.07. The molecule has 0 amide bonds. The Balaban J connectivity index is 2.21. The number of fused-ring (bicyclic) bond motifs is 1. The molecule has 5 atom stereocenters. The largest absolute Gasteiger partial charge is 0.393 e. The molecule has 2 aliphatic rings. The minimum atomic E-state index is -1.01. The Hall–Kier alpha value is -0.0900. The molecule has 0 spiro atoms. The van der Waals surface area contributed by atoms with Crippen LogP contribution in [0.15, 0.2) is 0 Å². The van der Waals surface area contributed by atoms with Crippen molar-refractivity contribution < 1.29 is 14.3 Å². The van der Waals surface area contributed by atoms with Crippen molar-refractivity contribution in [2.24, 2.45) is 11.8 Å². The van der Waals surface area contributed by atoms with Crippen molar-refractivity contribution in [3.8, 4) is 0 Å². The fraction of sp³-hybridized carbons (Fsp3) is 0.900. The van der Waals surface area contributed by atoms with E-state index in [9.17, 15) is 14.3 Å². The maximum atomic E-state index is 13.6. The lowest BCUT2D eigenvalue weighted by molar-refractivity contribution is -0.129. The van der Waals surface area contributed by atoms with Crippen LogP contribution in [0.1, 0.15) is 19.8 Å². The Bertz CT molecular complexity index is 246. The van der Waals surface area contributed by atoms with E-state index >= 15 is 0 Å². The molecule has 0 aromatic rings. The molecule has 5 unspecified atom stereocenters. The van der Waals surface area contributed by atoms with Gasteiger partial charge in [0.25, 0.3) is 0 Å². The Morgan fingerprint density at radius 1 is 1.57 bits per heavy atom. The second-order valence-electron chi connectivity index (χ2n) is 4.26. The van der Waals surface area contributed by atoms with Crippen molar-refractivity contribution in [2.75, 3.05) is 5.75 Å². The molecule has 0 aromatic heterocycles. The molecule has 80 valence electrons. The number of Topliss-reactive ketones (excluding diaryl/α,β-unsaturated/α-hetero) is 1. The molecule has 1 saturated heterocycles. The maximum Gasteiger partial charge on any atom is 0.138 e. The van der Waals surface area contributed by atoms with E-state index in [0.29, 0.717) is 6.42 Å². The van der Waals surface area contributed by atoms with E-state index in [1.54, 1.807) is 11.8 Å². The van der Waals surface area contributed by atoms with Gasteiger partial charge in [0, 0.05) is 29.8 Å². The van der Waals surface area contributed by atoms with Crippen LogP contribution >= 0.6 is 11.8 Å². The summed E-state index contributed by atoms with van der Waals surface area (Å²) < 4.78 is 13.6. The minimum Gasteiger partial charge on any atom is -0.393 e. The summed E-state index contributed by atoms with van der Waals surface area (Å²) in [4.78, 5) is 11.6. The minimum absolute atomic E-state index is 0.0766. The fourth-order valence-corrected chi connectivity index (χ4v) is 4.01. The third kappa shape index (κ3) is 1.58. The van der Waals surface area contributed by atoms with Crippen molar-refractivity contribution in [1.82, 2.24) is 0 Å². The van der Waals surface area contributed by atoms with E-state index in [1.807, 2.05) is 6.92 Å². The third-order valence-electron chi connectivity index (χ3n) is 3.38. The average Bonchev–Trinajstić information content (AvgIpc) is 2.14. The molecule has 1 N–H and O–H groups in total. The number of alkyl halides is 1. The van der Waals surface area contributed by atoms with Gasteiger partial charge in [0.15, 0.2) is 0 Å². The molecule has 1 aliphatic heterocycles. The number of ketones is 1. The maximum absolute atomic E-state index is 13.6. The predicted octanol–water partition coefficient (Wildman–Crippen LogP) is 1.42. The molecule has 2 fully saturated rings. The van der Waals surface area contributed by atoms with Gasteiger partial charge in [0.05, 0.1) is 6.10 Å². The quantitative estimate of drug-likeness (QED) is 0.668. The molecule has 1 saturated carbocycles. The molecular weight excluding hydrogens is 203 g/mol. The van der Waals surface area contributed by atoms with Gasteiger partial charge in [-0.05, 0) is 5.92 Å². The van der Waals surface area contributed by atoms with Crippen LogP contribution in [0.25, 0.3) is 0 Å². The highest BCUT2D eigenvalue weighted by Crippen LogP contribution is 2.43. The van der Waals surface area contributed by atoms with Gasteiger partial charge in [0.1, 0.15) is 12.0 Å². The number of carbonyl (C=O) groups is 1. The van der Waals surface area contributed by atoms with Crippen LogP contribution in [0.4, 0.5) is 4.39 Å². The van der Waals surface area contributed by atoms with Crippen LogP contribution in [0, 0.1) is 11.8 Å². The summed E-state index contributed by atoms with van der Waals surface area (Å²) >= 11 is 1.56. The zero-order valence-corrected chi connectivity index (χ0v) is 8.97. The molecule has 2 nitrogen and oxygen atoms in total. The van der Waals surface area contributed by atoms with Gasteiger partial charge in [0.2, 0.25) is 0 Å². The van der Waals surface area contributed by atoms with E-state index in [0.717, 1.165) is 5.75 Å². The summed E-state index contributed by atoms with van der Waals surface area (Å²) in [7, 11) is 0. The van der Waals surface area contributed by atoms with Crippen molar-refractivity contribution in [1.29, 1.82) is 0 Å². The number of thioether (sulfide) groups is 1. The second-order valence-corrected chi connectivity index (χ2v) is 5.54. The molecule has 1 aliphatic carbocycles. The van der Waals surface area contributed by atoms with Gasteiger partial charge in [-0.2, -0.15) is 11.8 Å². The first kappa shape index (κ1) is 10.4. The SMILES string of the molecule is CC1C(O)CC(F)C2SCCC(=O)C12. The predicted molar refractivity (Wildman–Crippen MR) is 54.0 cm³/mol. The third-order valence-corrected chi connectivity index (χ3v) is 4.79. The number of aliphatic hydroxyl groups excluding tert-OH is 1. The first-order chi connectivity index (χ1) is 6.61. The van der Waals surface area contributed by atoms with Crippen LogP contribution in [-0.2, 0) is 4.79 Å². The van der Waals surface area contributed by atoms with Gasteiger partial charge in [-0.3, -0.25) is 4.79 Å². The Labute approximate surface area is 87.3 Å². The Morgan fingerprint density at radius 3 is 3.00 bits per heavy atom. The van der Waals surface area contributed by atoms with Gasteiger partial charge >= 0.3 is 0 Å². The van der Waals surface area contributed by atoms with Crippen molar-refractivity contribution in [3.05, 3.63) is 0 Å². The number of rotatable bonds is 0. The lowest BCUT2D eigenvalue weighted by Gasteiger charge is -2.42. The Kier molecular flexibility index (Phi) is 2.84. The molecule has 0 aromatic carbocycles. The monoisotopic (exact) mass is 218 g/mol. The van der Waals surface area contributed by atoms with Crippen LogP contribution in [-0.4, -0.2) is 34.2 Å². The Morgan fingerprint density at radius 2 is 2.29 bits per heavy atom. The molecule has 2 rings (SSSR count). The number of halogens is 1. The van der Waals surface area contributed by atoms with E-state index in [2.05, 4.69) is 0 Å². The average molecular weight is 218 g/mol. The van der Waals surface area contributed by atoms with E-state index in [-0.39, 0.29) is 29.3 Å². The molecular formula is C10H15FO2S. The molecule has 14 heavy (non-hydrogen) atoms. The molecule has 1 heterocycles. The van der Waals surface area contributed by atoms with Crippen LogP contribution in [0.2, 0.25) is 0 Å². The van der Waals surface area contributed by atoms with Crippen molar-refractivity contribution in [3.63, 3.8) is 0 Å². The smallest absolute Gasteiger partial charge is 0.138 e. The second kappa shape index (κ2) is 3.81. The van der Waals surface area contributed by atoms with Gasteiger partial charge in [-0.1, -0.05) is 6.92 Å². The molecule has 0 radical (unpaired) electrons. The van der Waals surface area contributed by atoms with Crippen LogP contribution in [0.5, 0.6) is 0 Å². The highest BCUT2D eigenvalue weighted by molar-refractivity contribution is 8.00. The van der Waals surface area contributed by atoms with Crippen molar-refractivity contribution in [2.45, 2.75) is 37.3 Å². The lowest BCUT2D eigenvalue weighted by atomic mass is 9.74. The zero-order valence-electron chi connectivity index (χ0n) is 8.15. The normalized spacial score (nSPS) is 48.8. The standard InChI is InChI=1S/C10H15FO2S/c1-5-8(13)4-6(11)10-9(5)7(12)2-3-14-10/h5-6,8-10,13H,2-4H2,1H3. The number of hydrogen-bond acceptors (Lipinski definition) is 3. The van der Waals surface area contributed by atoms with Gasteiger partial charge in [-0.15, -0.1) is 0 Å². The van der Waals surface area contributed by atoms with Gasteiger partial charge < -0.3 is 5.11 Å². The summed E-state index contributed by atoms with van der Waals surface area (Å²) in [5.74, 6) is 0.547. The molecule has 4 heteroatoms. The van der Waals surface area contributed by atoms with E-state index < -0.39 is 12.3 Å². The summed E-state index contributed by atoms with van der Waals surface area (Å²) in [5.41, 5.74) is 0. The number of hydrogen-bond donors (Lipinski definition) is 1. The highest BCUT2D eigenvalue weighted by Gasteiger charge is 2.47. The lowest BCUT2D eigenvalue weighted by Crippen LogP contribution is -2.50. The van der Waals surface area contributed by atoms with Crippen LogP contribution < -0.4 is 0 Å². The summed E-state index contributed by atoms with van der Waals surface area (Å²) in [5, 5.41) is 9.40. The number of carbonyl (C=O) groups excluding carboxylic acids is 1. The summed E-state index contributed by atoms with van der Waals surface area (Å²) in [6, 6.07) is 0.